The third kappa shape index (κ3) is 3.25. The molecule has 0 spiro atoms. The van der Waals surface area contributed by atoms with E-state index in [2.05, 4.69) is 25.4 Å². The molecule has 4 heterocycles. The normalized spacial score (nSPS) is 17.1. The highest BCUT2D eigenvalue weighted by atomic mass is 35.5. The van der Waals surface area contributed by atoms with Crippen molar-refractivity contribution in [3.63, 3.8) is 0 Å². The van der Waals surface area contributed by atoms with Crippen molar-refractivity contribution in [2.45, 2.75) is 31.6 Å². The summed E-state index contributed by atoms with van der Waals surface area (Å²) in [6, 6.07) is 2.93. The lowest BCUT2D eigenvalue weighted by atomic mass is 9.88. The molecule has 4 aromatic heterocycles. The van der Waals surface area contributed by atoms with Crippen LogP contribution < -0.4 is 5.32 Å². The lowest BCUT2D eigenvalue weighted by Gasteiger charge is -2.19. The van der Waals surface area contributed by atoms with E-state index in [0.29, 0.717) is 34.2 Å². The Morgan fingerprint density at radius 3 is 2.77 bits per heavy atom. The fourth-order valence-corrected chi connectivity index (χ4v) is 4.52. The average Bonchev–Trinajstić information content (AvgIpc) is 3.36. The summed E-state index contributed by atoms with van der Waals surface area (Å²) in [4.78, 5) is 26.0. The van der Waals surface area contributed by atoms with Gasteiger partial charge in [0.2, 0.25) is 11.9 Å². The summed E-state index contributed by atoms with van der Waals surface area (Å²) in [5.74, 6) is -1.26. The second-order valence-corrected chi connectivity index (χ2v) is 8.82. The van der Waals surface area contributed by atoms with E-state index in [1.54, 1.807) is 29.4 Å². The van der Waals surface area contributed by atoms with E-state index in [4.69, 9.17) is 11.6 Å². The Hall–Kier alpha value is -3.33. The number of aryl methyl sites for hydroxylation is 1. The van der Waals surface area contributed by atoms with Crippen LogP contribution in [0.25, 0.3) is 17.0 Å². The highest BCUT2D eigenvalue weighted by Crippen LogP contribution is 2.46. The maximum absolute atomic E-state index is 13.7. The van der Waals surface area contributed by atoms with Gasteiger partial charge in [-0.15, -0.1) is 5.10 Å². The number of hydrogen-bond donors (Lipinski definition) is 1. The van der Waals surface area contributed by atoms with Gasteiger partial charge in [-0.1, -0.05) is 25.4 Å². The number of pyridine rings is 1. The maximum Gasteiger partial charge on any atom is 0.235 e. The molecular formula is C21H19ClFN7O. The molecule has 158 valence electrons. The van der Waals surface area contributed by atoms with Gasteiger partial charge in [0.05, 0.1) is 34.8 Å². The number of halogens is 2. The van der Waals surface area contributed by atoms with Gasteiger partial charge >= 0.3 is 0 Å². The number of hydrogen-bond acceptors (Lipinski definition) is 5. The van der Waals surface area contributed by atoms with Crippen LogP contribution in [0.1, 0.15) is 37.4 Å². The van der Waals surface area contributed by atoms with Crippen molar-refractivity contribution >= 4 is 28.8 Å². The van der Waals surface area contributed by atoms with E-state index in [1.807, 2.05) is 27.1 Å². The Balaban J connectivity index is 1.44. The zero-order chi connectivity index (χ0) is 21.9. The third-order valence-corrected chi connectivity index (χ3v) is 5.87. The van der Waals surface area contributed by atoms with Gasteiger partial charge < -0.3 is 9.88 Å². The topological polar surface area (TPSA) is 90.0 Å². The summed E-state index contributed by atoms with van der Waals surface area (Å²) in [6.45, 7) is 4.02. The lowest BCUT2D eigenvalue weighted by molar-refractivity contribution is -0.117. The van der Waals surface area contributed by atoms with Crippen molar-refractivity contribution in [2.24, 2.45) is 7.05 Å². The molecule has 1 N–H and O–H groups in total. The quantitative estimate of drug-likeness (QED) is 0.525. The van der Waals surface area contributed by atoms with Crippen molar-refractivity contribution in [3.05, 3.63) is 59.3 Å². The molecule has 31 heavy (non-hydrogen) atoms. The second kappa shape index (κ2) is 6.84. The number of aromatic nitrogens is 6. The molecule has 0 radical (unpaired) electrons. The first-order chi connectivity index (χ1) is 14.7. The molecule has 0 aliphatic heterocycles. The predicted octanol–water partition coefficient (Wildman–Crippen LogP) is 3.72. The molecule has 8 nitrogen and oxygen atoms in total. The van der Waals surface area contributed by atoms with Gasteiger partial charge in [-0.25, -0.2) is 14.5 Å². The van der Waals surface area contributed by atoms with E-state index in [0.717, 1.165) is 11.3 Å². The molecule has 0 fully saturated rings. The monoisotopic (exact) mass is 439 g/mol. The van der Waals surface area contributed by atoms with Crippen LogP contribution >= 0.6 is 11.6 Å². The number of nitrogens with one attached hydrogen (secondary N) is 1. The highest BCUT2D eigenvalue weighted by Gasteiger charge is 2.43. The van der Waals surface area contributed by atoms with Gasteiger partial charge in [0.1, 0.15) is 11.4 Å². The molecule has 1 aliphatic rings. The van der Waals surface area contributed by atoms with Gasteiger partial charge in [0, 0.05) is 36.5 Å². The summed E-state index contributed by atoms with van der Waals surface area (Å²) in [5.41, 5.74) is 3.26. The summed E-state index contributed by atoms with van der Waals surface area (Å²) in [7, 11) is 1.86. The Labute approximate surface area is 182 Å². The molecule has 1 aliphatic carbocycles. The summed E-state index contributed by atoms with van der Waals surface area (Å²) >= 11 is 6.39. The van der Waals surface area contributed by atoms with Crippen LogP contribution in [0.2, 0.25) is 5.02 Å². The Morgan fingerprint density at radius 2 is 2.06 bits per heavy atom. The van der Waals surface area contributed by atoms with Crippen LogP contribution in [-0.2, 0) is 17.3 Å². The zero-order valence-electron chi connectivity index (χ0n) is 17.1. The summed E-state index contributed by atoms with van der Waals surface area (Å²) in [6.07, 6.45) is 7.22. The first-order valence-corrected chi connectivity index (χ1v) is 10.1. The SMILES string of the molecule is Cn1cnc(-c2ncc(NC(=O)[C@H]3CC(C)(C)c4c3cnc3cc(F)nn43)cc2Cl)c1. The fourth-order valence-electron chi connectivity index (χ4n) is 4.26. The molecule has 1 amide bonds. The predicted molar refractivity (Wildman–Crippen MR) is 113 cm³/mol. The van der Waals surface area contributed by atoms with Crippen molar-refractivity contribution in [1.82, 2.24) is 29.1 Å². The number of imidazole rings is 1. The maximum atomic E-state index is 13.7. The number of carbonyl (C=O) groups excluding carboxylic acids is 1. The smallest absolute Gasteiger partial charge is 0.235 e. The molecule has 5 rings (SSSR count). The minimum atomic E-state index is -0.599. The minimum absolute atomic E-state index is 0.205. The van der Waals surface area contributed by atoms with Crippen molar-refractivity contribution in [3.8, 4) is 11.4 Å². The standard InChI is InChI=1S/C21H19ClFN7O/c1-21(2)6-12(13-8-24-17-5-16(23)28-30(17)19(13)21)20(31)27-11-4-14(22)18(25-7-11)15-9-29(3)10-26-15/h4-5,7-10,12H,6H2,1-3H3,(H,27,31)/t12-/m0/s1. The Bertz CT molecular complexity index is 1340. The molecule has 4 aromatic rings. The first-order valence-electron chi connectivity index (χ1n) is 9.72. The van der Waals surface area contributed by atoms with E-state index in [-0.39, 0.29) is 11.3 Å². The van der Waals surface area contributed by atoms with Crippen LogP contribution in [0.3, 0.4) is 0 Å². The average molecular weight is 440 g/mol. The fraction of sp³-hybridized carbons (Fsp3) is 0.286. The number of anilines is 1. The van der Waals surface area contributed by atoms with Gasteiger partial charge in [0.25, 0.3) is 0 Å². The molecular weight excluding hydrogens is 421 g/mol. The van der Waals surface area contributed by atoms with E-state index in [9.17, 15) is 9.18 Å². The molecule has 0 aromatic carbocycles. The molecule has 0 saturated carbocycles. The van der Waals surface area contributed by atoms with Gasteiger partial charge in [-0.3, -0.25) is 9.78 Å². The van der Waals surface area contributed by atoms with Gasteiger partial charge in [0.15, 0.2) is 5.65 Å². The van der Waals surface area contributed by atoms with Crippen LogP contribution in [-0.4, -0.2) is 35.0 Å². The number of amides is 1. The minimum Gasteiger partial charge on any atom is -0.340 e. The summed E-state index contributed by atoms with van der Waals surface area (Å²) in [5, 5.41) is 7.22. The van der Waals surface area contributed by atoms with E-state index < -0.39 is 11.9 Å². The molecule has 0 bridgehead atoms. The van der Waals surface area contributed by atoms with E-state index in [1.165, 1.54) is 10.6 Å². The number of rotatable bonds is 3. The van der Waals surface area contributed by atoms with Crippen molar-refractivity contribution < 1.29 is 9.18 Å². The van der Waals surface area contributed by atoms with Crippen LogP contribution in [0.15, 0.2) is 37.1 Å². The highest BCUT2D eigenvalue weighted by molar-refractivity contribution is 6.33. The van der Waals surface area contributed by atoms with Gasteiger partial charge in [-0.05, 0) is 12.5 Å². The molecule has 10 heteroatoms. The second-order valence-electron chi connectivity index (χ2n) is 8.41. The van der Waals surface area contributed by atoms with Crippen LogP contribution in [0.4, 0.5) is 10.1 Å². The number of carbonyl (C=O) groups is 1. The first kappa shape index (κ1) is 19.6. The third-order valence-electron chi connectivity index (χ3n) is 5.59. The molecule has 0 unspecified atom stereocenters. The van der Waals surface area contributed by atoms with Crippen LogP contribution in [0.5, 0.6) is 0 Å². The zero-order valence-corrected chi connectivity index (χ0v) is 17.9. The Kier molecular flexibility index (Phi) is 4.33. The molecule has 1 atom stereocenters. The number of fused-ring (bicyclic) bond motifs is 3. The number of nitrogens with zero attached hydrogens (tertiary/aromatic N) is 6. The van der Waals surface area contributed by atoms with Crippen LogP contribution in [0, 0.1) is 5.95 Å². The largest absolute Gasteiger partial charge is 0.340 e. The van der Waals surface area contributed by atoms with E-state index >= 15 is 0 Å². The summed E-state index contributed by atoms with van der Waals surface area (Å²) < 4.78 is 17.0. The van der Waals surface area contributed by atoms with Gasteiger partial charge in [-0.2, -0.15) is 4.39 Å². The van der Waals surface area contributed by atoms with Crippen molar-refractivity contribution in [1.29, 1.82) is 0 Å². The lowest BCUT2D eigenvalue weighted by Crippen LogP contribution is -2.21. The molecule has 0 saturated heterocycles. The van der Waals surface area contributed by atoms with Crippen molar-refractivity contribution in [2.75, 3.05) is 5.32 Å². The Morgan fingerprint density at radius 1 is 1.26 bits per heavy atom.